The molecule has 0 saturated heterocycles. The fourth-order valence-electron chi connectivity index (χ4n) is 0.432. The lowest BCUT2D eigenvalue weighted by Crippen LogP contribution is -1.97. The Morgan fingerprint density at radius 3 is 2.40 bits per heavy atom. The molecule has 0 fully saturated rings. The molecule has 0 bridgehead atoms. The summed E-state index contributed by atoms with van der Waals surface area (Å²) in [6.45, 7) is 0. The molecule has 0 unspecified atom stereocenters. The van der Waals surface area contributed by atoms with Crippen LogP contribution in [-0.2, 0) is 0 Å². The van der Waals surface area contributed by atoms with Crippen LogP contribution in [0.25, 0.3) is 0 Å². The number of aromatic carboxylic acids is 1. The van der Waals surface area contributed by atoms with E-state index in [1.807, 2.05) is 0 Å². The summed E-state index contributed by atoms with van der Waals surface area (Å²) in [5, 5.41) is 8.39. The number of carbonyl (C=O) groups is 1. The van der Waals surface area contributed by atoms with Gasteiger partial charge in [0, 0.05) is 0 Å². The highest BCUT2D eigenvalue weighted by Crippen LogP contribution is 2.18. The molecule has 0 amide bonds. The molecule has 0 saturated carbocycles. The maximum Gasteiger partial charge on any atom is 0.371 e. The monoisotopic (exact) mass is 268 g/mol. The first kappa shape index (κ1) is 7.74. The van der Waals surface area contributed by atoms with E-state index in [0.717, 1.165) is 0 Å². The van der Waals surface area contributed by atoms with Gasteiger partial charge in [-0.2, -0.15) is 0 Å². The van der Waals surface area contributed by atoms with Crippen LogP contribution in [0.1, 0.15) is 10.6 Å². The van der Waals surface area contributed by atoms with Crippen molar-refractivity contribution in [3.63, 3.8) is 0 Å². The predicted molar refractivity (Wildman–Crippen MR) is 40.9 cm³/mol. The van der Waals surface area contributed by atoms with Crippen molar-refractivity contribution in [1.82, 2.24) is 9.97 Å². The first-order chi connectivity index (χ1) is 4.61. The quantitative estimate of drug-likeness (QED) is 0.815. The number of halogens is 2. The molecular weight excluding hydrogens is 268 g/mol. The Bertz CT molecular complexity index is 251. The van der Waals surface area contributed by atoms with E-state index in [2.05, 4.69) is 41.8 Å². The van der Waals surface area contributed by atoms with E-state index in [4.69, 9.17) is 5.11 Å². The fourth-order valence-corrected chi connectivity index (χ4v) is 0.985. The van der Waals surface area contributed by atoms with Crippen LogP contribution in [0.3, 0.4) is 0 Å². The minimum absolute atomic E-state index is 0.0845. The predicted octanol–water partition coefficient (Wildman–Crippen LogP) is 1.63. The van der Waals surface area contributed by atoms with Gasteiger partial charge in [-0.1, -0.05) is 0 Å². The minimum atomic E-state index is -1.08. The second kappa shape index (κ2) is 2.71. The van der Waals surface area contributed by atoms with E-state index in [1.54, 1.807) is 0 Å². The maximum atomic E-state index is 10.2. The standard InChI is InChI=1S/C4H2Br2N2O2/c5-1-2(6)8-3(7-1)4(9)10/h(H,7,8)(H,9,10). The highest BCUT2D eigenvalue weighted by molar-refractivity contribution is 9.13. The number of nitrogens with one attached hydrogen (secondary N) is 1. The highest BCUT2D eigenvalue weighted by atomic mass is 79.9. The molecule has 1 aromatic rings. The molecule has 0 aliphatic heterocycles. The average molecular weight is 270 g/mol. The molecule has 2 N–H and O–H groups in total. The number of aromatic nitrogens is 2. The molecule has 54 valence electrons. The number of carboxylic acid groups (broad SMARTS) is 1. The highest BCUT2D eigenvalue weighted by Gasteiger charge is 2.10. The number of carboxylic acids is 1. The number of hydrogen-bond acceptors (Lipinski definition) is 2. The van der Waals surface area contributed by atoms with Gasteiger partial charge in [-0.15, -0.1) is 0 Å². The first-order valence-corrected chi connectivity index (χ1v) is 3.84. The number of nitrogens with zero attached hydrogens (tertiary/aromatic N) is 1. The Morgan fingerprint density at radius 1 is 1.60 bits per heavy atom. The van der Waals surface area contributed by atoms with E-state index >= 15 is 0 Å². The van der Waals surface area contributed by atoms with Crippen LogP contribution < -0.4 is 0 Å². The first-order valence-electron chi connectivity index (χ1n) is 2.25. The van der Waals surface area contributed by atoms with Crippen LogP contribution in [0.15, 0.2) is 9.21 Å². The molecule has 1 aromatic heterocycles. The maximum absolute atomic E-state index is 10.2. The summed E-state index contributed by atoms with van der Waals surface area (Å²) in [4.78, 5) is 16.4. The lowest BCUT2D eigenvalue weighted by molar-refractivity contribution is 0.0684. The van der Waals surface area contributed by atoms with Crippen molar-refractivity contribution in [3.8, 4) is 0 Å². The zero-order valence-electron chi connectivity index (χ0n) is 4.56. The summed E-state index contributed by atoms with van der Waals surface area (Å²) in [6, 6.07) is 0. The van der Waals surface area contributed by atoms with Crippen LogP contribution in [0.2, 0.25) is 0 Å². The van der Waals surface area contributed by atoms with Gasteiger partial charge in [0.15, 0.2) is 0 Å². The number of aromatic amines is 1. The largest absolute Gasteiger partial charge is 0.475 e. The van der Waals surface area contributed by atoms with E-state index < -0.39 is 5.97 Å². The fraction of sp³-hybridized carbons (Fsp3) is 0. The van der Waals surface area contributed by atoms with Gasteiger partial charge in [0.25, 0.3) is 0 Å². The molecule has 1 heterocycles. The van der Waals surface area contributed by atoms with E-state index in [9.17, 15) is 4.79 Å². The molecule has 0 aromatic carbocycles. The third-order valence-corrected chi connectivity index (χ3v) is 2.50. The molecular formula is C4H2Br2N2O2. The van der Waals surface area contributed by atoms with Crippen LogP contribution in [0.5, 0.6) is 0 Å². The number of hydrogen-bond donors (Lipinski definition) is 2. The molecule has 0 radical (unpaired) electrons. The van der Waals surface area contributed by atoms with E-state index in [-0.39, 0.29) is 5.82 Å². The SMILES string of the molecule is O=C(O)c1nc(Br)c(Br)[nH]1. The number of rotatable bonds is 1. The molecule has 6 heteroatoms. The van der Waals surface area contributed by atoms with Crippen molar-refractivity contribution < 1.29 is 9.90 Å². The van der Waals surface area contributed by atoms with Crippen LogP contribution in [0.4, 0.5) is 0 Å². The van der Waals surface area contributed by atoms with Gasteiger partial charge in [0.2, 0.25) is 5.82 Å². The molecule has 0 spiro atoms. The smallest absolute Gasteiger partial charge is 0.371 e. The summed E-state index contributed by atoms with van der Waals surface area (Å²) in [5.41, 5.74) is 0. The van der Waals surface area contributed by atoms with Gasteiger partial charge in [-0.3, -0.25) is 0 Å². The molecule has 4 nitrogen and oxygen atoms in total. The molecule has 10 heavy (non-hydrogen) atoms. The van der Waals surface area contributed by atoms with Crippen molar-refractivity contribution >= 4 is 37.8 Å². The zero-order valence-corrected chi connectivity index (χ0v) is 7.73. The Balaban J connectivity index is 3.10. The Hall–Kier alpha value is -0.360. The topological polar surface area (TPSA) is 66.0 Å². The number of H-pyrrole nitrogens is 1. The summed E-state index contributed by atoms with van der Waals surface area (Å²) in [7, 11) is 0. The lowest BCUT2D eigenvalue weighted by Gasteiger charge is -1.80. The number of imidazole rings is 1. The Labute approximate surface area is 72.9 Å². The molecule has 1 rings (SSSR count). The van der Waals surface area contributed by atoms with Gasteiger partial charge in [-0.05, 0) is 31.9 Å². The Morgan fingerprint density at radius 2 is 2.20 bits per heavy atom. The molecule has 0 atom stereocenters. The molecule has 0 aliphatic rings. The van der Waals surface area contributed by atoms with E-state index in [0.29, 0.717) is 9.21 Å². The van der Waals surface area contributed by atoms with Crippen molar-refractivity contribution in [1.29, 1.82) is 0 Å². The van der Waals surface area contributed by atoms with Gasteiger partial charge in [0.05, 0.1) is 0 Å². The van der Waals surface area contributed by atoms with E-state index in [1.165, 1.54) is 0 Å². The lowest BCUT2D eigenvalue weighted by atomic mass is 10.6. The van der Waals surface area contributed by atoms with Crippen molar-refractivity contribution in [2.45, 2.75) is 0 Å². The summed E-state index contributed by atoms with van der Waals surface area (Å²) in [5.74, 6) is -1.16. The normalized spacial score (nSPS) is 9.80. The van der Waals surface area contributed by atoms with Gasteiger partial charge < -0.3 is 10.1 Å². The van der Waals surface area contributed by atoms with Crippen molar-refractivity contribution in [3.05, 3.63) is 15.0 Å². The molecule has 0 aliphatic carbocycles. The Kier molecular flexibility index (Phi) is 2.10. The second-order valence-electron chi connectivity index (χ2n) is 1.50. The van der Waals surface area contributed by atoms with Crippen LogP contribution in [-0.4, -0.2) is 21.0 Å². The van der Waals surface area contributed by atoms with Gasteiger partial charge >= 0.3 is 5.97 Å². The summed E-state index contributed by atoms with van der Waals surface area (Å²) in [6.07, 6.45) is 0. The van der Waals surface area contributed by atoms with Crippen LogP contribution >= 0.6 is 31.9 Å². The second-order valence-corrected chi connectivity index (χ2v) is 3.04. The third kappa shape index (κ3) is 1.38. The minimum Gasteiger partial charge on any atom is -0.475 e. The van der Waals surface area contributed by atoms with Gasteiger partial charge in [0.1, 0.15) is 9.21 Å². The van der Waals surface area contributed by atoms with Crippen LogP contribution in [0, 0.1) is 0 Å². The summed E-state index contributed by atoms with van der Waals surface area (Å²) < 4.78 is 0.995. The van der Waals surface area contributed by atoms with Gasteiger partial charge in [-0.25, -0.2) is 9.78 Å². The van der Waals surface area contributed by atoms with Crippen molar-refractivity contribution in [2.24, 2.45) is 0 Å². The van der Waals surface area contributed by atoms with Crippen molar-refractivity contribution in [2.75, 3.05) is 0 Å². The average Bonchev–Trinajstić information content (AvgIpc) is 2.13. The summed E-state index contributed by atoms with van der Waals surface area (Å²) >= 11 is 6.09. The zero-order chi connectivity index (χ0) is 7.72. The third-order valence-electron chi connectivity index (χ3n) is 0.822.